The number of benzene rings is 3. The first-order valence-electron chi connectivity index (χ1n) is 25.5. The van der Waals surface area contributed by atoms with E-state index in [9.17, 15) is 24.0 Å². The van der Waals surface area contributed by atoms with Crippen molar-refractivity contribution in [2.75, 3.05) is 82.5 Å². The Morgan fingerprint density at radius 1 is 0.836 bits per heavy atom. The molecular weight excluding hydrogens is 931 g/mol. The van der Waals surface area contributed by atoms with E-state index in [4.69, 9.17) is 14.2 Å². The van der Waals surface area contributed by atoms with Crippen molar-refractivity contribution >= 4 is 40.9 Å². The number of pyridine rings is 1. The number of amides is 5. The van der Waals surface area contributed by atoms with E-state index < -0.39 is 17.5 Å². The van der Waals surface area contributed by atoms with Crippen molar-refractivity contribution < 1.29 is 38.2 Å². The van der Waals surface area contributed by atoms with Crippen LogP contribution in [0.25, 0.3) is 11.4 Å². The highest BCUT2D eigenvalue weighted by Crippen LogP contribution is 2.35. The van der Waals surface area contributed by atoms with E-state index in [-0.39, 0.29) is 42.7 Å². The lowest BCUT2D eigenvalue weighted by molar-refractivity contribution is -0.137. The zero-order chi connectivity index (χ0) is 50.6. The van der Waals surface area contributed by atoms with Crippen LogP contribution in [-0.2, 0) is 35.9 Å². The molecule has 384 valence electrons. The molecule has 73 heavy (non-hydrogen) atoms. The van der Waals surface area contributed by atoms with Crippen LogP contribution in [0.2, 0.25) is 0 Å². The van der Waals surface area contributed by atoms with Gasteiger partial charge in [-0.05, 0) is 137 Å². The van der Waals surface area contributed by atoms with Gasteiger partial charge in [-0.25, -0.2) is 0 Å². The van der Waals surface area contributed by atoms with E-state index in [0.29, 0.717) is 88.9 Å². The fourth-order valence-corrected chi connectivity index (χ4v) is 9.90. The van der Waals surface area contributed by atoms with Crippen LogP contribution in [0.4, 0.5) is 11.4 Å². The minimum atomic E-state index is -0.644. The highest BCUT2D eigenvalue weighted by atomic mass is 16.5. The van der Waals surface area contributed by atoms with Gasteiger partial charge >= 0.3 is 0 Å². The summed E-state index contributed by atoms with van der Waals surface area (Å²) in [6.07, 6.45) is 9.03. The maximum atomic E-state index is 13.6. The van der Waals surface area contributed by atoms with Crippen LogP contribution in [-0.4, -0.2) is 138 Å². The largest absolute Gasteiger partial charge is 0.494 e. The number of unbranched alkanes of at least 4 members (excludes halogenated alkanes) is 2. The molecule has 4 aliphatic heterocycles. The molecule has 0 spiro atoms. The minimum Gasteiger partial charge on any atom is -0.494 e. The summed E-state index contributed by atoms with van der Waals surface area (Å²) in [5, 5.41) is 21.7. The van der Waals surface area contributed by atoms with E-state index in [1.54, 1.807) is 17.3 Å². The number of H-pyrrole nitrogens is 1. The number of hydrogen-bond donors (Lipinski definition) is 5. The Morgan fingerprint density at radius 2 is 1.62 bits per heavy atom. The molecule has 3 saturated heterocycles. The predicted molar refractivity (Wildman–Crippen MR) is 273 cm³/mol. The summed E-state index contributed by atoms with van der Waals surface area (Å²) in [6.45, 7) is 8.61. The van der Waals surface area contributed by atoms with Gasteiger partial charge in [-0.2, -0.15) is 0 Å². The van der Waals surface area contributed by atoms with Gasteiger partial charge in [0.05, 0.1) is 18.2 Å². The Balaban J connectivity index is 0.618. The predicted octanol–water partition coefficient (Wildman–Crippen LogP) is 5.13. The van der Waals surface area contributed by atoms with Crippen molar-refractivity contribution in [3.8, 4) is 17.1 Å². The first-order valence-corrected chi connectivity index (χ1v) is 25.5. The molecule has 5 N–H and O–H groups in total. The minimum absolute atomic E-state index is 0.0295. The molecule has 5 aromatic rings. The molecule has 19 nitrogen and oxygen atoms in total. The number of rotatable bonds is 22. The number of aromatic nitrogens is 4. The van der Waals surface area contributed by atoms with Crippen molar-refractivity contribution in [3.63, 3.8) is 0 Å². The summed E-state index contributed by atoms with van der Waals surface area (Å²) >= 11 is 0. The van der Waals surface area contributed by atoms with Crippen LogP contribution in [0.15, 0.2) is 91.3 Å². The third kappa shape index (κ3) is 12.7. The van der Waals surface area contributed by atoms with Gasteiger partial charge in [0.15, 0.2) is 11.6 Å². The van der Waals surface area contributed by atoms with Crippen LogP contribution < -0.4 is 30.9 Å². The second kappa shape index (κ2) is 24.0. The van der Waals surface area contributed by atoms with Crippen LogP contribution in [0.3, 0.4) is 0 Å². The molecule has 4 aliphatic rings. The third-order valence-electron chi connectivity index (χ3n) is 14.1. The van der Waals surface area contributed by atoms with Gasteiger partial charge in [0.2, 0.25) is 17.7 Å². The molecule has 2 atom stereocenters. The number of ether oxygens (including phenoxy) is 3. The summed E-state index contributed by atoms with van der Waals surface area (Å²) in [5.41, 5.74) is 5.16. The topological polar surface area (TPSA) is 225 Å². The first kappa shape index (κ1) is 50.7. The second-order valence-electron chi connectivity index (χ2n) is 19.1. The lowest BCUT2D eigenvalue weighted by Gasteiger charge is -2.37. The zero-order valence-electron chi connectivity index (χ0n) is 41.4. The van der Waals surface area contributed by atoms with E-state index in [1.807, 2.05) is 90.7 Å². The molecule has 3 aromatic carbocycles. The van der Waals surface area contributed by atoms with Gasteiger partial charge in [-0.15, -0.1) is 10.2 Å². The van der Waals surface area contributed by atoms with E-state index in [2.05, 4.69) is 46.3 Å². The fraction of sp³-hybridized carbons (Fsp3) is 0.444. The number of piperazine rings is 1. The Labute approximate surface area is 425 Å². The zero-order valence-corrected chi connectivity index (χ0v) is 41.4. The van der Waals surface area contributed by atoms with Crippen molar-refractivity contribution in [3.05, 3.63) is 119 Å². The SMILES string of the molecule is C[C@@H](NC(=O)c1cccc(NC2(c3nnc(-c4ccncc4)[nH]3)CCNCC2)c1)c1cccc(OCCCCCOCCCOCC(=O)N2CCN(c3ccc4c(c3)CN(C3CCC(=O)NC3=O)C4=O)CC2)c1. The van der Waals surface area contributed by atoms with Crippen LogP contribution in [0.1, 0.15) is 102 Å². The Hall–Kier alpha value is -7.22. The molecule has 0 radical (unpaired) electrons. The highest BCUT2D eigenvalue weighted by molar-refractivity contribution is 6.05. The smallest absolute Gasteiger partial charge is 0.255 e. The van der Waals surface area contributed by atoms with Crippen LogP contribution >= 0.6 is 0 Å². The summed E-state index contributed by atoms with van der Waals surface area (Å²) in [6, 6.07) is 24.0. The summed E-state index contributed by atoms with van der Waals surface area (Å²) in [7, 11) is 0. The summed E-state index contributed by atoms with van der Waals surface area (Å²) < 4.78 is 17.6. The van der Waals surface area contributed by atoms with Gasteiger partial charge in [0.1, 0.15) is 18.4 Å². The van der Waals surface area contributed by atoms with Crippen LogP contribution in [0, 0.1) is 0 Å². The fourth-order valence-electron chi connectivity index (χ4n) is 9.90. The number of nitrogens with zero attached hydrogens (tertiary/aromatic N) is 6. The number of hydrogen-bond acceptors (Lipinski definition) is 14. The summed E-state index contributed by atoms with van der Waals surface area (Å²) in [5.74, 6) is 1.07. The quantitative estimate of drug-likeness (QED) is 0.0448. The number of piperidine rings is 2. The molecular formula is C54H65N11O8. The standard InChI is InChI=1S/C54H65N11O8/c1-37(57-50(68)40-9-5-10-42(32-40)60-54(18-22-56-23-19-54)53-59-49(61-62-53)38-16-20-55-21-17-38)39-8-6-11-44(34-39)73-31-4-2-3-28-71-29-7-30-72-36-48(67)64-26-24-63(25-27-64)43-12-13-45-41(33-43)35-65(52(45)70)46-14-15-47(66)58-51(46)69/h5-6,8-13,16-17,20-21,32-34,37,46,56,60H,2-4,7,14-15,18-19,22-31,35-36H2,1H3,(H,57,68)(H,58,66,69)(H,59,61,62)/t37-,46?/m1/s1. The van der Waals surface area contributed by atoms with Gasteiger partial charge in [0.25, 0.3) is 11.8 Å². The Bertz CT molecular complexity index is 2720. The van der Waals surface area contributed by atoms with E-state index in [1.165, 1.54) is 0 Å². The second-order valence-corrected chi connectivity index (χ2v) is 19.1. The average Bonchev–Trinajstić information content (AvgIpc) is 4.05. The molecule has 9 rings (SSSR count). The Kier molecular flexibility index (Phi) is 16.7. The molecule has 6 heterocycles. The third-order valence-corrected chi connectivity index (χ3v) is 14.1. The molecule has 0 aliphatic carbocycles. The summed E-state index contributed by atoms with van der Waals surface area (Å²) in [4.78, 5) is 76.7. The number of aromatic amines is 1. The molecule has 0 saturated carbocycles. The first-order chi connectivity index (χ1) is 35.6. The van der Waals surface area contributed by atoms with Crippen molar-refractivity contribution in [2.24, 2.45) is 0 Å². The van der Waals surface area contributed by atoms with Crippen molar-refractivity contribution in [2.45, 2.75) is 82.5 Å². The van der Waals surface area contributed by atoms with Gasteiger partial charge in [0, 0.05) is 99.4 Å². The molecule has 1 unspecified atom stereocenters. The van der Waals surface area contributed by atoms with E-state index in [0.717, 1.165) is 84.8 Å². The van der Waals surface area contributed by atoms with E-state index >= 15 is 0 Å². The average molecular weight is 996 g/mol. The number of carbonyl (C=O) groups excluding carboxylic acids is 5. The maximum absolute atomic E-state index is 13.6. The van der Waals surface area contributed by atoms with Gasteiger partial charge in [-0.3, -0.25) is 34.3 Å². The monoisotopic (exact) mass is 996 g/mol. The van der Waals surface area contributed by atoms with Crippen molar-refractivity contribution in [1.29, 1.82) is 0 Å². The van der Waals surface area contributed by atoms with Gasteiger partial charge < -0.3 is 49.8 Å². The molecule has 5 amide bonds. The van der Waals surface area contributed by atoms with Gasteiger partial charge in [-0.1, -0.05) is 18.2 Å². The Morgan fingerprint density at radius 3 is 2.44 bits per heavy atom. The highest BCUT2D eigenvalue weighted by Gasteiger charge is 2.40. The van der Waals surface area contributed by atoms with Crippen LogP contribution in [0.5, 0.6) is 5.75 Å². The maximum Gasteiger partial charge on any atom is 0.255 e. The number of nitrogens with one attached hydrogen (secondary N) is 5. The number of carbonyl (C=O) groups is 5. The lowest BCUT2D eigenvalue weighted by Crippen LogP contribution is -2.52. The molecule has 3 fully saturated rings. The molecule has 2 aromatic heterocycles. The number of imide groups is 1. The number of anilines is 2. The molecule has 19 heteroatoms. The normalized spacial score (nSPS) is 18.0. The molecule has 0 bridgehead atoms. The van der Waals surface area contributed by atoms with Crippen molar-refractivity contribution in [1.82, 2.24) is 45.9 Å². The lowest BCUT2D eigenvalue weighted by atomic mass is 9.87. The number of fused-ring (bicyclic) bond motifs is 1.